The first-order valence-electron chi connectivity index (χ1n) is 6.00. The van der Waals surface area contributed by atoms with Crippen LogP contribution in [0.5, 0.6) is 0 Å². The van der Waals surface area contributed by atoms with Gasteiger partial charge in [0.1, 0.15) is 6.04 Å². The minimum atomic E-state index is -4.19. The van der Waals surface area contributed by atoms with Crippen molar-refractivity contribution in [2.45, 2.75) is 23.8 Å². The third-order valence-corrected chi connectivity index (χ3v) is 5.43. The molecule has 0 saturated carbocycles. The molecule has 1 saturated heterocycles. The van der Waals surface area contributed by atoms with Crippen LogP contribution in [-0.4, -0.2) is 36.1 Å². The molecule has 21 heavy (non-hydrogen) atoms. The monoisotopic (exact) mass is 333 g/mol. The number of amides is 1. The molecule has 2 rings (SSSR count). The second kappa shape index (κ2) is 5.58. The highest BCUT2D eigenvalue weighted by atomic mass is 35.5. The number of carbonyl (C=O) groups excluding carboxylic acids is 1. The smallest absolute Gasteiger partial charge is 0.290 e. The van der Waals surface area contributed by atoms with Crippen LogP contribution in [0.25, 0.3) is 0 Å². The van der Waals surface area contributed by atoms with Gasteiger partial charge in [-0.05, 0) is 25.0 Å². The molecule has 0 aromatic heterocycles. The number of nitrogens with two attached hydrogens (primary N) is 1. The van der Waals surface area contributed by atoms with E-state index in [4.69, 9.17) is 17.3 Å². The Morgan fingerprint density at radius 2 is 2.14 bits per heavy atom. The van der Waals surface area contributed by atoms with Gasteiger partial charge in [-0.25, -0.2) is 8.42 Å². The summed E-state index contributed by atoms with van der Waals surface area (Å²) in [7, 11) is -4.19. The van der Waals surface area contributed by atoms with Crippen molar-refractivity contribution in [3.8, 4) is 0 Å². The largest absolute Gasteiger partial charge is 0.368 e. The molecule has 1 aromatic carbocycles. The molecule has 0 bridgehead atoms. The topological polar surface area (TPSA) is 124 Å². The predicted molar refractivity (Wildman–Crippen MR) is 74.2 cm³/mol. The summed E-state index contributed by atoms with van der Waals surface area (Å²) in [5.74, 6) is -0.771. The van der Waals surface area contributed by atoms with E-state index in [1.807, 2.05) is 0 Å². The van der Waals surface area contributed by atoms with E-state index in [9.17, 15) is 23.3 Å². The summed E-state index contributed by atoms with van der Waals surface area (Å²) >= 11 is 5.66. The molecular weight excluding hydrogens is 322 g/mol. The quantitative estimate of drug-likeness (QED) is 0.647. The Morgan fingerprint density at radius 3 is 2.71 bits per heavy atom. The number of nitro benzene ring substituents is 1. The molecule has 1 amide bonds. The zero-order valence-electron chi connectivity index (χ0n) is 10.7. The molecule has 2 N–H and O–H groups in total. The van der Waals surface area contributed by atoms with E-state index in [1.54, 1.807) is 0 Å². The van der Waals surface area contributed by atoms with Crippen LogP contribution in [0.2, 0.25) is 5.02 Å². The molecule has 114 valence electrons. The Labute approximate surface area is 125 Å². The Bertz CT molecular complexity index is 706. The fourth-order valence-corrected chi connectivity index (χ4v) is 4.26. The van der Waals surface area contributed by atoms with E-state index in [-0.39, 0.29) is 11.6 Å². The highest BCUT2D eigenvalue weighted by Crippen LogP contribution is 2.32. The summed E-state index contributed by atoms with van der Waals surface area (Å²) in [6.07, 6.45) is 0.768. The lowest BCUT2D eigenvalue weighted by Gasteiger charge is -2.21. The van der Waals surface area contributed by atoms with Crippen LogP contribution in [0.15, 0.2) is 23.1 Å². The van der Waals surface area contributed by atoms with Gasteiger partial charge in [-0.2, -0.15) is 4.31 Å². The molecule has 8 nitrogen and oxygen atoms in total. The van der Waals surface area contributed by atoms with Crippen molar-refractivity contribution >= 4 is 33.2 Å². The number of nitrogens with zero attached hydrogens (tertiary/aromatic N) is 2. The summed E-state index contributed by atoms with van der Waals surface area (Å²) in [6.45, 7) is 0.0930. The summed E-state index contributed by atoms with van der Waals surface area (Å²) in [6, 6.07) is 2.29. The highest BCUT2D eigenvalue weighted by molar-refractivity contribution is 7.89. The number of sulfonamides is 1. The molecule has 1 unspecified atom stereocenters. The average Bonchev–Trinajstić information content (AvgIpc) is 2.88. The third-order valence-electron chi connectivity index (χ3n) is 3.24. The third kappa shape index (κ3) is 2.85. The van der Waals surface area contributed by atoms with Gasteiger partial charge < -0.3 is 5.73 Å². The van der Waals surface area contributed by atoms with Crippen LogP contribution in [0.3, 0.4) is 0 Å². The molecular formula is C11H12ClN3O5S. The summed E-state index contributed by atoms with van der Waals surface area (Å²) in [4.78, 5) is 21.0. The maximum absolute atomic E-state index is 12.6. The molecule has 0 radical (unpaired) electrons. The minimum absolute atomic E-state index is 0.0496. The molecule has 0 spiro atoms. The van der Waals surface area contributed by atoms with E-state index in [0.29, 0.717) is 12.8 Å². The van der Waals surface area contributed by atoms with Crippen molar-refractivity contribution in [2.75, 3.05) is 6.54 Å². The van der Waals surface area contributed by atoms with Crippen LogP contribution in [-0.2, 0) is 14.8 Å². The van der Waals surface area contributed by atoms with Gasteiger partial charge in [0.15, 0.2) is 4.90 Å². The minimum Gasteiger partial charge on any atom is -0.368 e. The molecule has 1 aliphatic heterocycles. The second-order valence-electron chi connectivity index (χ2n) is 4.55. The second-order valence-corrected chi connectivity index (χ2v) is 6.84. The van der Waals surface area contributed by atoms with Gasteiger partial charge in [0.2, 0.25) is 5.91 Å². The number of nitro groups is 1. The number of hydrogen-bond donors (Lipinski definition) is 1. The summed E-state index contributed by atoms with van der Waals surface area (Å²) in [5, 5.41) is 11.1. The van der Waals surface area contributed by atoms with Crippen molar-refractivity contribution in [3.05, 3.63) is 33.3 Å². The molecule has 1 heterocycles. The van der Waals surface area contributed by atoms with Gasteiger partial charge in [-0.1, -0.05) is 11.6 Å². The number of rotatable bonds is 4. The van der Waals surface area contributed by atoms with E-state index in [1.165, 1.54) is 6.07 Å². The number of carbonyl (C=O) groups is 1. The van der Waals surface area contributed by atoms with Gasteiger partial charge >= 0.3 is 0 Å². The lowest BCUT2D eigenvalue weighted by Crippen LogP contribution is -2.43. The summed E-state index contributed by atoms with van der Waals surface area (Å²) in [5.41, 5.74) is 4.56. The predicted octanol–water partition coefficient (Wildman–Crippen LogP) is 0.887. The lowest BCUT2D eigenvalue weighted by atomic mass is 10.2. The molecule has 1 aliphatic rings. The molecule has 10 heteroatoms. The molecule has 1 fully saturated rings. The normalized spacial score (nSPS) is 19.6. The van der Waals surface area contributed by atoms with E-state index >= 15 is 0 Å². The van der Waals surface area contributed by atoms with Crippen molar-refractivity contribution in [1.82, 2.24) is 4.31 Å². The fourth-order valence-electron chi connectivity index (χ4n) is 2.29. The Hall–Kier alpha value is -1.71. The van der Waals surface area contributed by atoms with E-state index in [0.717, 1.165) is 16.4 Å². The Kier molecular flexibility index (Phi) is 4.17. The first-order valence-corrected chi connectivity index (χ1v) is 7.82. The van der Waals surface area contributed by atoms with E-state index < -0.39 is 37.5 Å². The zero-order chi connectivity index (χ0) is 15.8. The SMILES string of the molecule is NC(=O)C1CCCN1S(=O)(=O)c1ccc(Cl)cc1[N+](=O)[O-]. The van der Waals surface area contributed by atoms with Crippen LogP contribution in [0, 0.1) is 10.1 Å². The fraction of sp³-hybridized carbons (Fsp3) is 0.364. The number of hydrogen-bond acceptors (Lipinski definition) is 5. The maximum atomic E-state index is 12.6. The van der Waals surface area contributed by atoms with Crippen LogP contribution in [0.4, 0.5) is 5.69 Å². The average molecular weight is 334 g/mol. The Balaban J connectivity index is 2.54. The first-order chi connectivity index (χ1) is 9.75. The first kappa shape index (κ1) is 15.7. The highest BCUT2D eigenvalue weighted by Gasteiger charge is 2.41. The standard InChI is InChI=1S/C11H12ClN3O5S/c12-7-3-4-10(9(6-7)15(17)18)21(19,20)14-5-1-2-8(14)11(13)16/h3-4,6,8H,1-2,5H2,(H2,13,16). The summed E-state index contributed by atoms with van der Waals surface area (Å²) < 4.78 is 26.0. The van der Waals surface area contributed by atoms with Gasteiger partial charge in [0.25, 0.3) is 15.7 Å². The zero-order valence-corrected chi connectivity index (χ0v) is 12.3. The maximum Gasteiger partial charge on any atom is 0.290 e. The van der Waals surface area contributed by atoms with Crippen LogP contribution < -0.4 is 5.73 Å². The van der Waals surface area contributed by atoms with Crippen molar-refractivity contribution in [2.24, 2.45) is 5.73 Å². The lowest BCUT2D eigenvalue weighted by molar-refractivity contribution is -0.387. The molecule has 1 aromatic rings. The Morgan fingerprint density at radius 1 is 1.48 bits per heavy atom. The molecule has 1 atom stereocenters. The van der Waals surface area contributed by atoms with Crippen LogP contribution >= 0.6 is 11.6 Å². The van der Waals surface area contributed by atoms with Crippen LogP contribution in [0.1, 0.15) is 12.8 Å². The van der Waals surface area contributed by atoms with Gasteiger partial charge in [0, 0.05) is 17.6 Å². The van der Waals surface area contributed by atoms with Gasteiger partial charge in [-0.15, -0.1) is 0 Å². The van der Waals surface area contributed by atoms with Crippen molar-refractivity contribution < 1.29 is 18.1 Å². The van der Waals surface area contributed by atoms with Gasteiger partial charge in [-0.3, -0.25) is 14.9 Å². The number of primary amides is 1. The number of benzene rings is 1. The molecule has 0 aliphatic carbocycles. The van der Waals surface area contributed by atoms with Crippen molar-refractivity contribution in [3.63, 3.8) is 0 Å². The van der Waals surface area contributed by atoms with E-state index in [2.05, 4.69) is 0 Å². The van der Waals surface area contributed by atoms with Crippen molar-refractivity contribution in [1.29, 1.82) is 0 Å². The number of halogens is 1. The van der Waals surface area contributed by atoms with Gasteiger partial charge in [0.05, 0.1) is 4.92 Å².